The van der Waals surface area contributed by atoms with Crippen LogP contribution in [-0.4, -0.2) is 28.5 Å². The summed E-state index contributed by atoms with van der Waals surface area (Å²) in [6, 6.07) is 0. The molecule has 1 aliphatic heterocycles. The predicted molar refractivity (Wildman–Crippen MR) is 55.8 cm³/mol. The molecule has 2 heterocycles. The standard InChI is InChI=1S/C11H16N2O2/c14-8-10-7-12-9-13(10)5-4-11-3-1-2-6-15-11/h7-9,11H,1-6H2. The number of carbonyl (C=O) groups is 1. The quantitative estimate of drug-likeness (QED) is 0.707. The van der Waals surface area contributed by atoms with E-state index in [2.05, 4.69) is 4.98 Å². The summed E-state index contributed by atoms with van der Waals surface area (Å²) in [5.41, 5.74) is 0.644. The maximum Gasteiger partial charge on any atom is 0.168 e. The number of carbonyl (C=O) groups excluding carboxylic acids is 1. The Morgan fingerprint density at radius 1 is 1.60 bits per heavy atom. The number of aryl methyl sites for hydroxylation is 1. The summed E-state index contributed by atoms with van der Waals surface area (Å²) in [5, 5.41) is 0. The van der Waals surface area contributed by atoms with E-state index in [0.717, 1.165) is 32.3 Å². The van der Waals surface area contributed by atoms with Crippen LogP contribution < -0.4 is 0 Å². The first-order valence-electron chi connectivity index (χ1n) is 5.47. The monoisotopic (exact) mass is 208 g/mol. The summed E-state index contributed by atoms with van der Waals surface area (Å²) in [6.45, 7) is 1.70. The molecule has 1 saturated heterocycles. The molecule has 1 unspecified atom stereocenters. The lowest BCUT2D eigenvalue weighted by molar-refractivity contribution is 0.00873. The highest BCUT2D eigenvalue weighted by Gasteiger charge is 2.13. The van der Waals surface area contributed by atoms with Crippen molar-refractivity contribution in [3.63, 3.8) is 0 Å². The summed E-state index contributed by atoms with van der Waals surface area (Å²) < 4.78 is 7.51. The van der Waals surface area contributed by atoms with Gasteiger partial charge in [0.15, 0.2) is 6.29 Å². The van der Waals surface area contributed by atoms with Crippen LogP contribution in [0.1, 0.15) is 36.2 Å². The highest BCUT2D eigenvalue weighted by molar-refractivity contribution is 5.71. The van der Waals surface area contributed by atoms with Gasteiger partial charge in [0.25, 0.3) is 0 Å². The minimum Gasteiger partial charge on any atom is -0.378 e. The summed E-state index contributed by atoms with van der Waals surface area (Å²) in [4.78, 5) is 14.6. The second-order valence-corrected chi connectivity index (χ2v) is 3.91. The molecule has 0 spiro atoms. The van der Waals surface area contributed by atoms with E-state index < -0.39 is 0 Å². The first kappa shape index (κ1) is 10.4. The minimum absolute atomic E-state index is 0.362. The third-order valence-electron chi connectivity index (χ3n) is 2.83. The lowest BCUT2D eigenvalue weighted by atomic mass is 10.1. The van der Waals surface area contributed by atoms with Crippen molar-refractivity contribution >= 4 is 6.29 Å². The van der Waals surface area contributed by atoms with E-state index in [1.807, 2.05) is 4.57 Å². The summed E-state index contributed by atoms with van der Waals surface area (Å²) >= 11 is 0. The molecule has 0 aromatic carbocycles. The van der Waals surface area contributed by atoms with Crippen LogP contribution in [0.3, 0.4) is 0 Å². The van der Waals surface area contributed by atoms with Crippen LogP contribution in [0.5, 0.6) is 0 Å². The highest BCUT2D eigenvalue weighted by atomic mass is 16.5. The van der Waals surface area contributed by atoms with E-state index >= 15 is 0 Å². The Morgan fingerprint density at radius 3 is 3.27 bits per heavy atom. The molecule has 4 heteroatoms. The normalized spacial score (nSPS) is 21.5. The molecule has 0 radical (unpaired) electrons. The Bertz CT molecular complexity index is 316. The molecule has 0 N–H and O–H groups in total. The van der Waals surface area contributed by atoms with Gasteiger partial charge in [-0.2, -0.15) is 0 Å². The van der Waals surface area contributed by atoms with Crippen LogP contribution in [0.2, 0.25) is 0 Å². The van der Waals surface area contributed by atoms with E-state index in [1.54, 1.807) is 12.5 Å². The average molecular weight is 208 g/mol. The number of nitrogens with zero attached hydrogens (tertiary/aromatic N) is 2. The number of ether oxygens (including phenoxy) is 1. The molecule has 0 bridgehead atoms. The fourth-order valence-corrected chi connectivity index (χ4v) is 1.93. The third kappa shape index (κ3) is 2.65. The van der Waals surface area contributed by atoms with Gasteiger partial charge in [-0.25, -0.2) is 4.98 Å². The zero-order chi connectivity index (χ0) is 10.5. The zero-order valence-corrected chi connectivity index (χ0v) is 8.76. The van der Waals surface area contributed by atoms with E-state index in [9.17, 15) is 4.79 Å². The van der Waals surface area contributed by atoms with Gasteiger partial charge in [-0.15, -0.1) is 0 Å². The molecule has 0 aliphatic carbocycles. The molecule has 82 valence electrons. The van der Waals surface area contributed by atoms with Gasteiger partial charge in [-0.05, 0) is 25.7 Å². The number of hydrogen-bond acceptors (Lipinski definition) is 3. The van der Waals surface area contributed by atoms with E-state index in [1.165, 1.54) is 12.8 Å². The van der Waals surface area contributed by atoms with Gasteiger partial charge >= 0.3 is 0 Å². The van der Waals surface area contributed by atoms with Crippen LogP contribution in [0.15, 0.2) is 12.5 Å². The summed E-state index contributed by atoms with van der Waals surface area (Å²) in [7, 11) is 0. The van der Waals surface area contributed by atoms with Crippen LogP contribution in [-0.2, 0) is 11.3 Å². The predicted octanol–water partition coefficient (Wildman–Crippen LogP) is 1.65. The lowest BCUT2D eigenvalue weighted by Crippen LogP contribution is -2.21. The van der Waals surface area contributed by atoms with Crippen molar-refractivity contribution in [1.82, 2.24) is 9.55 Å². The number of rotatable bonds is 4. The second-order valence-electron chi connectivity index (χ2n) is 3.91. The van der Waals surface area contributed by atoms with Crippen molar-refractivity contribution in [2.24, 2.45) is 0 Å². The number of hydrogen-bond donors (Lipinski definition) is 0. The van der Waals surface area contributed by atoms with Gasteiger partial charge < -0.3 is 9.30 Å². The van der Waals surface area contributed by atoms with E-state index in [4.69, 9.17) is 4.74 Å². The van der Waals surface area contributed by atoms with Crippen LogP contribution in [0.25, 0.3) is 0 Å². The molecule has 15 heavy (non-hydrogen) atoms. The molecule has 4 nitrogen and oxygen atoms in total. The van der Waals surface area contributed by atoms with E-state index in [-0.39, 0.29) is 0 Å². The van der Waals surface area contributed by atoms with Crippen molar-refractivity contribution in [2.45, 2.75) is 38.3 Å². The maximum atomic E-state index is 10.6. The number of aromatic nitrogens is 2. The Labute approximate surface area is 89.3 Å². The minimum atomic E-state index is 0.362. The molecule has 1 atom stereocenters. The van der Waals surface area contributed by atoms with Gasteiger partial charge in [0.1, 0.15) is 5.69 Å². The Morgan fingerprint density at radius 2 is 2.53 bits per heavy atom. The van der Waals surface area contributed by atoms with Gasteiger partial charge in [-0.3, -0.25) is 4.79 Å². The van der Waals surface area contributed by atoms with Crippen LogP contribution in [0, 0.1) is 0 Å². The lowest BCUT2D eigenvalue weighted by Gasteiger charge is -2.22. The van der Waals surface area contributed by atoms with Gasteiger partial charge in [0, 0.05) is 13.2 Å². The molecule has 1 fully saturated rings. The summed E-state index contributed by atoms with van der Waals surface area (Å²) in [5.74, 6) is 0. The maximum absolute atomic E-state index is 10.6. The Kier molecular flexibility index (Phi) is 3.50. The topological polar surface area (TPSA) is 44.1 Å². The molecule has 0 amide bonds. The molecule has 1 aromatic heterocycles. The van der Waals surface area contributed by atoms with Gasteiger partial charge in [0.05, 0.1) is 18.6 Å². The van der Waals surface area contributed by atoms with Crippen LogP contribution >= 0.6 is 0 Å². The first-order valence-corrected chi connectivity index (χ1v) is 5.47. The Hall–Kier alpha value is -1.16. The van der Waals surface area contributed by atoms with Gasteiger partial charge in [-0.1, -0.05) is 0 Å². The van der Waals surface area contributed by atoms with Crippen molar-refractivity contribution in [1.29, 1.82) is 0 Å². The average Bonchev–Trinajstić information content (AvgIpc) is 2.75. The molecular weight excluding hydrogens is 192 g/mol. The third-order valence-corrected chi connectivity index (χ3v) is 2.83. The van der Waals surface area contributed by atoms with Crippen molar-refractivity contribution in [3.05, 3.63) is 18.2 Å². The molecule has 2 rings (SSSR count). The van der Waals surface area contributed by atoms with Crippen molar-refractivity contribution in [3.8, 4) is 0 Å². The Balaban J connectivity index is 1.84. The van der Waals surface area contributed by atoms with Crippen molar-refractivity contribution in [2.75, 3.05) is 6.61 Å². The highest BCUT2D eigenvalue weighted by Crippen LogP contribution is 2.16. The fourth-order valence-electron chi connectivity index (χ4n) is 1.93. The zero-order valence-electron chi connectivity index (χ0n) is 8.76. The number of imidazole rings is 1. The van der Waals surface area contributed by atoms with E-state index in [0.29, 0.717) is 11.8 Å². The first-order chi connectivity index (χ1) is 7.40. The summed E-state index contributed by atoms with van der Waals surface area (Å²) in [6.07, 6.45) is 9.05. The fraction of sp³-hybridized carbons (Fsp3) is 0.636. The molecule has 1 aliphatic rings. The molecular formula is C11H16N2O2. The van der Waals surface area contributed by atoms with Gasteiger partial charge in [0.2, 0.25) is 0 Å². The van der Waals surface area contributed by atoms with Crippen LogP contribution in [0.4, 0.5) is 0 Å². The smallest absolute Gasteiger partial charge is 0.168 e. The SMILES string of the molecule is O=Cc1cncn1CCC1CCCCO1. The number of aldehydes is 1. The largest absolute Gasteiger partial charge is 0.378 e. The second kappa shape index (κ2) is 5.07. The van der Waals surface area contributed by atoms with Crippen molar-refractivity contribution < 1.29 is 9.53 Å². The molecule has 0 saturated carbocycles. The molecule has 1 aromatic rings.